The molecule has 0 heterocycles. The topological polar surface area (TPSA) is 46.2 Å². The Bertz CT molecular complexity index is 127. The highest BCUT2D eigenvalue weighted by atomic mass is 32.2. The Kier molecular flexibility index (Phi) is 5.43. The third-order valence-electron chi connectivity index (χ3n) is 1.25. The maximum absolute atomic E-state index is 10.5. The van der Waals surface area contributed by atoms with E-state index >= 15 is 0 Å². The summed E-state index contributed by atoms with van der Waals surface area (Å²) in [5, 5.41) is 2.80. The maximum atomic E-state index is 10.5. The quantitative estimate of drug-likeness (QED) is 0.558. The molecular weight excluding hydrogens is 150 g/mol. The van der Waals surface area contributed by atoms with Crippen molar-refractivity contribution in [3.8, 4) is 0 Å². The van der Waals surface area contributed by atoms with Crippen LogP contribution in [0.2, 0.25) is 0 Å². The second-order valence-electron chi connectivity index (χ2n) is 2.10. The first-order valence-corrected chi connectivity index (χ1v) is 4.86. The number of hydrogen-bond donors (Lipinski definition) is 1. The Balaban J connectivity index is 3.44. The lowest BCUT2D eigenvalue weighted by Crippen LogP contribution is -2.28. The molecular formula is C6H13NO2S. The van der Waals surface area contributed by atoms with Gasteiger partial charge in [-0.15, -0.1) is 0 Å². The normalized spacial score (nSPS) is 16.2. The van der Waals surface area contributed by atoms with E-state index in [4.69, 9.17) is 0 Å². The molecule has 0 aromatic carbocycles. The summed E-state index contributed by atoms with van der Waals surface area (Å²) in [6, 6.07) is -0.135. The van der Waals surface area contributed by atoms with Crippen LogP contribution in [-0.2, 0) is 15.6 Å². The Morgan fingerprint density at radius 3 is 2.60 bits per heavy atom. The summed E-state index contributed by atoms with van der Waals surface area (Å²) >= 11 is 0. The average molecular weight is 163 g/mol. The second-order valence-corrected chi connectivity index (χ2v) is 3.65. The van der Waals surface area contributed by atoms with Gasteiger partial charge in [0.1, 0.15) is 6.29 Å². The summed E-state index contributed by atoms with van der Waals surface area (Å²) in [7, 11) is 0.932. The molecule has 0 radical (unpaired) electrons. The molecule has 0 spiro atoms. The number of rotatable bonds is 5. The SMILES string of the molecule is CNC(C=O)CCS(C)=O. The maximum Gasteiger partial charge on any atom is 0.136 e. The standard InChI is InChI=1S/C6H13NO2S/c1-7-6(5-8)3-4-10(2)9/h5-7H,3-4H2,1-2H3. The van der Waals surface area contributed by atoms with Gasteiger partial charge in [0.25, 0.3) is 0 Å². The molecule has 10 heavy (non-hydrogen) atoms. The molecule has 0 amide bonds. The summed E-state index contributed by atoms with van der Waals surface area (Å²) in [5.74, 6) is 0.588. The van der Waals surface area contributed by atoms with Gasteiger partial charge < -0.3 is 10.1 Å². The van der Waals surface area contributed by atoms with Crippen molar-refractivity contribution in [3.05, 3.63) is 0 Å². The highest BCUT2D eigenvalue weighted by molar-refractivity contribution is 7.84. The van der Waals surface area contributed by atoms with Crippen LogP contribution in [-0.4, -0.2) is 35.6 Å². The summed E-state index contributed by atoms with van der Waals surface area (Å²) in [4.78, 5) is 10.2. The third-order valence-corrected chi connectivity index (χ3v) is 2.06. The van der Waals surface area contributed by atoms with Gasteiger partial charge >= 0.3 is 0 Å². The predicted molar refractivity (Wildman–Crippen MR) is 42.5 cm³/mol. The first-order chi connectivity index (χ1) is 4.70. The zero-order valence-corrected chi connectivity index (χ0v) is 7.11. The molecule has 0 rings (SSSR count). The minimum absolute atomic E-state index is 0.135. The molecule has 4 heteroatoms. The van der Waals surface area contributed by atoms with E-state index in [0.717, 1.165) is 6.29 Å². The fourth-order valence-electron chi connectivity index (χ4n) is 0.573. The van der Waals surface area contributed by atoms with E-state index in [9.17, 15) is 9.00 Å². The van der Waals surface area contributed by atoms with Crippen molar-refractivity contribution in [2.45, 2.75) is 12.5 Å². The number of nitrogens with one attached hydrogen (secondary N) is 1. The van der Waals surface area contributed by atoms with Crippen molar-refractivity contribution >= 4 is 17.1 Å². The minimum Gasteiger partial charge on any atom is -0.311 e. The van der Waals surface area contributed by atoms with Crippen LogP contribution in [0.15, 0.2) is 0 Å². The fourth-order valence-corrected chi connectivity index (χ4v) is 1.16. The molecule has 0 aromatic rings. The summed E-state index contributed by atoms with van der Waals surface area (Å²) in [5.41, 5.74) is 0. The summed E-state index contributed by atoms with van der Waals surface area (Å²) in [6.45, 7) is 0. The lowest BCUT2D eigenvalue weighted by molar-refractivity contribution is -0.109. The Labute approximate surface area is 63.6 Å². The second kappa shape index (κ2) is 5.56. The molecule has 0 aromatic heterocycles. The number of likely N-dealkylation sites (N-methyl/N-ethyl adjacent to an activating group) is 1. The van der Waals surface area contributed by atoms with Crippen LogP contribution >= 0.6 is 0 Å². The Hall–Kier alpha value is -0.220. The van der Waals surface area contributed by atoms with E-state index in [2.05, 4.69) is 5.32 Å². The van der Waals surface area contributed by atoms with E-state index in [1.54, 1.807) is 13.3 Å². The first-order valence-electron chi connectivity index (χ1n) is 3.13. The molecule has 0 fully saturated rings. The largest absolute Gasteiger partial charge is 0.311 e. The van der Waals surface area contributed by atoms with Crippen molar-refractivity contribution in [3.63, 3.8) is 0 Å². The lowest BCUT2D eigenvalue weighted by Gasteiger charge is -2.05. The van der Waals surface area contributed by atoms with Crippen LogP contribution in [0.4, 0.5) is 0 Å². The summed E-state index contributed by atoms with van der Waals surface area (Å²) < 4.78 is 10.5. The van der Waals surface area contributed by atoms with Gasteiger partial charge in [0.2, 0.25) is 0 Å². The number of hydrogen-bond acceptors (Lipinski definition) is 3. The zero-order valence-electron chi connectivity index (χ0n) is 6.29. The molecule has 2 atom stereocenters. The fraction of sp³-hybridized carbons (Fsp3) is 0.833. The van der Waals surface area contributed by atoms with Crippen molar-refractivity contribution in [1.82, 2.24) is 5.32 Å². The van der Waals surface area contributed by atoms with E-state index in [0.29, 0.717) is 12.2 Å². The highest BCUT2D eigenvalue weighted by Gasteiger charge is 2.03. The van der Waals surface area contributed by atoms with Gasteiger partial charge in [-0.25, -0.2) is 0 Å². The van der Waals surface area contributed by atoms with Gasteiger partial charge in [0.05, 0.1) is 6.04 Å². The van der Waals surface area contributed by atoms with Crippen LogP contribution in [0.5, 0.6) is 0 Å². The lowest BCUT2D eigenvalue weighted by atomic mass is 10.3. The number of carbonyl (C=O) groups is 1. The minimum atomic E-state index is -0.788. The number of aldehydes is 1. The molecule has 0 aliphatic heterocycles. The molecule has 1 N–H and O–H groups in total. The smallest absolute Gasteiger partial charge is 0.136 e. The van der Waals surface area contributed by atoms with Crippen molar-refractivity contribution in [2.75, 3.05) is 19.1 Å². The van der Waals surface area contributed by atoms with Crippen LogP contribution in [0, 0.1) is 0 Å². The van der Waals surface area contributed by atoms with Crippen molar-refractivity contribution in [1.29, 1.82) is 0 Å². The van der Waals surface area contributed by atoms with Crippen molar-refractivity contribution < 1.29 is 9.00 Å². The summed E-state index contributed by atoms with van der Waals surface area (Å²) in [6.07, 6.45) is 3.13. The van der Waals surface area contributed by atoms with Gasteiger partial charge in [-0.3, -0.25) is 4.21 Å². The third kappa shape index (κ3) is 4.64. The van der Waals surface area contributed by atoms with Gasteiger partial charge in [0, 0.05) is 22.8 Å². The molecule has 0 bridgehead atoms. The van der Waals surface area contributed by atoms with E-state index < -0.39 is 10.8 Å². The zero-order chi connectivity index (χ0) is 7.98. The van der Waals surface area contributed by atoms with Gasteiger partial charge in [-0.2, -0.15) is 0 Å². The molecule has 0 saturated heterocycles. The van der Waals surface area contributed by atoms with Gasteiger partial charge in [-0.05, 0) is 13.5 Å². The number of carbonyl (C=O) groups excluding carboxylic acids is 1. The van der Waals surface area contributed by atoms with Crippen LogP contribution in [0.25, 0.3) is 0 Å². The van der Waals surface area contributed by atoms with Gasteiger partial charge in [0.15, 0.2) is 0 Å². The van der Waals surface area contributed by atoms with Crippen LogP contribution in [0.1, 0.15) is 6.42 Å². The van der Waals surface area contributed by atoms with Gasteiger partial charge in [-0.1, -0.05) is 0 Å². The predicted octanol–water partition coefficient (Wildman–Crippen LogP) is -0.458. The van der Waals surface area contributed by atoms with Crippen LogP contribution < -0.4 is 5.32 Å². The molecule has 2 unspecified atom stereocenters. The highest BCUT2D eigenvalue weighted by Crippen LogP contribution is 1.88. The Morgan fingerprint density at radius 1 is 1.70 bits per heavy atom. The molecule has 3 nitrogen and oxygen atoms in total. The van der Waals surface area contributed by atoms with Crippen LogP contribution in [0.3, 0.4) is 0 Å². The van der Waals surface area contributed by atoms with Crippen molar-refractivity contribution in [2.24, 2.45) is 0 Å². The van der Waals surface area contributed by atoms with E-state index in [1.165, 1.54) is 0 Å². The molecule has 60 valence electrons. The first kappa shape index (κ1) is 9.78. The monoisotopic (exact) mass is 163 g/mol. The van der Waals surface area contributed by atoms with E-state index in [-0.39, 0.29) is 6.04 Å². The molecule has 0 aliphatic carbocycles. The Morgan fingerprint density at radius 2 is 2.30 bits per heavy atom. The molecule has 0 saturated carbocycles. The molecule has 0 aliphatic rings. The van der Waals surface area contributed by atoms with E-state index in [1.807, 2.05) is 0 Å². The average Bonchev–Trinajstić information content (AvgIpc) is 1.90.